The highest BCUT2D eigenvalue weighted by Crippen LogP contribution is 2.24. The van der Waals surface area contributed by atoms with Gasteiger partial charge in [-0.3, -0.25) is 9.59 Å². The number of amides is 2. The van der Waals surface area contributed by atoms with Gasteiger partial charge in [0, 0.05) is 24.8 Å². The number of anilines is 1. The zero-order valence-corrected chi connectivity index (χ0v) is 14.3. The Labute approximate surface area is 146 Å². The third kappa shape index (κ3) is 3.65. The number of hydrogen-bond donors (Lipinski definition) is 0. The second kappa shape index (κ2) is 7.38. The third-order valence-electron chi connectivity index (χ3n) is 4.23. The largest absolute Gasteiger partial charge is 0.465 e. The summed E-state index contributed by atoms with van der Waals surface area (Å²) in [4.78, 5) is 28.5. The third-order valence-corrected chi connectivity index (χ3v) is 4.23. The molecule has 7 heteroatoms. The molecule has 0 saturated carbocycles. The van der Waals surface area contributed by atoms with Crippen LogP contribution in [0.25, 0.3) is 0 Å². The van der Waals surface area contributed by atoms with Gasteiger partial charge in [0.1, 0.15) is 11.8 Å². The van der Waals surface area contributed by atoms with Crippen molar-refractivity contribution in [3.8, 4) is 5.88 Å². The first-order chi connectivity index (χ1) is 12.1. The Kier molecular flexibility index (Phi) is 5.02. The van der Waals surface area contributed by atoms with E-state index >= 15 is 0 Å². The summed E-state index contributed by atoms with van der Waals surface area (Å²) < 4.78 is 10.3. The first-order valence-electron chi connectivity index (χ1n) is 8.32. The van der Waals surface area contributed by atoms with Crippen LogP contribution in [-0.2, 0) is 9.59 Å². The molecule has 132 valence electrons. The van der Waals surface area contributed by atoms with Crippen LogP contribution in [0, 0.1) is 6.92 Å². The number of hydrogen-bond acceptors (Lipinski definition) is 5. The highest BCUT2D eigenvalue weighted by atomic mass is 16.5. The second-order valence-electron chi connectivity index (χ2n) is 5.87. The fourth-order valence-electron chi connectivity index (χ4n) is 3.02. The molecule has 1 atom stereocenters. The van der Waals surface area contributed by atoms with Crippen molar-refractivity contribution in [2.24, 2.45) is 0 Å². The summed E-state index contributed by atoms with van der Waals surface area (Å²) in [5.74, 6) is 0.583. The Balaban J connectivity index is 1.64. The lowest BCUT2D eigenvalue weighted by atomic mass is 10.2. The Bertz CT molecular complexity index is 744. The molecule has 1 aliphatic rings. The van der Waals surface area contributed by atoms with Crippen LogP contribution in [0.5, 0.6) is 5.88 Å². The number of aromatic nitrogens is 1. The van der Waals surface area contributed by atoms with Crippen LogP contribution < -0.4 is 9.64 Å². The standard InChI is InChI=1S/C18H21N3O4/c1-3-20(17(22)12-24-16-11-13(2)25-19-16)15-9-10-21(18(15)23)14-7-5-4-6-8-14/h4-8,11,15H,3,9-10,12H2,1-2H3/t15-/m1/s1. The number of carbonyl (C=O) groups is 2. The summed E-state index contributed by atoms with van der Waals surface area (Å²) in [6.45, 7) is 4.47. The van der Waals surface area contributed by atoms with E-state index < -0.39 is 6.04 Å². The minimum Gasteiger partial charge on any atom is -0.465 e. The number of carbonyl (C=O) groups excluding carboxylic acids is 2. The van der Waals surface area contributed by atoms with Crippen molar-refractivity contribution in [2.75, 3.05) is 24.6 Å². The first-order valence-corrected chi connectivity index (χ1v) is 8.32. The van der Waals surface area contributed by atoms with Crippen molar-refractivity contribution in [2.45, 2.75) is 26.3 Å². The zero-order valence-electron chi connectivity index (χ0n) is 14.3. The topological polar surface area (TPSA) is 75.9 Å². The lowest BCUT2D eigenvalue weighted by Gasteiger charge is -2.26. The highest BCUT2D eigenvalue weighted by Gasteiger charge is 2.38. The minimum absolute atomic E-state index is 0.0568. The fraction of sp³-hybridized carbons (Fsp3) is 0.389. The molecule has 0 radical (unpaired) electrons. The Morgan fingerprint density at radius 1 is 1.40 bits per heavy atom. The molecule has 25 heavy (non-hydrogen) atoms. The molecular weight excluding hydrogens is 322 g/mol. The number of benzene rings is 1. The molecule has 0 N–H and O–H groups in total. The van der Waals surface area contributed by atoms with E-state index in [1.54, 1.807) is 22.8 Å². The molecule has 0 aliphatic carbocycles. The maximum Gasteiger partial charge on any atom is 0.261 e. The number of likely N-dealkylation sites (N-methyl/N-ethyl adjacent to an activating group) is 1. The van der Waals surface area contributed by atoms with Gasteiger partial charge in [0.25, 0.3) is 11.8 Å². The number of rotatable bonds is 6. The fourth-order valence-corrected chi connectivity index (χ4v) is 3.02. The Hall–Kier alpha value is -2.83. The quantitative estimate of drug-likeness (QED) is 0.802. The molecule has 1 aromatic heterocycles. The lowest BCUT2D eigenvalue weighted by Crippen LogP contribution is -2.47. The molecule has 1 saturated heterocycles. The number of ether oxygens (including phenoxy) is 1. The molecule has 1 aromatic carbocycles. The second-order valence-corrected chi connectivity index (χ2v) is 5.87. The van der Waals surface area contributed by atoms with E-state index in [0.29, 0.717) is 25.3 Å². The van der Waals surface area contributed by atoms with E-state index in [2.05, 4.69) is 5.16 Å². The molecule has 0 spiro atoms. The Morgan fingerprint density at radius 3 is 2.80 bits per heavy atom. The van der Waals surface area contributed by atoms with Crippen LogP contribution >= 0.6 is 0 Å². The minimum atomic E-state index is -0.458. The van der Waals surface area contributed by atoms with Gasteiger partial charge in [-0.15, -0.1) is 0 Å². The van der Waals surface area contributed by atoms with Crippen LogP contribution in [0.3, 0.4) is 0 Å². The molecule has 3 rings (SSSR count). The SMILES string of the molecule is CCN(C(=O)COc1cc(C)on1)[C@@H]1CCN(c2ccccc2)C1=O. The van der Waals surface area contributed by atoms with Gasteiger partial charge in [0.05, 0.1) is 0 Å². The molecule has 2 heterocycles. The molecule has 0 unspecified atom stereocenters. The molecule has 7 nitrogen and oxygen atoms in total. The molecule has 0 bridgehead atoms. The van der Waals surface area contributed by atoms with Crippen molar-refractivity contribution in [1.29, 1.82) is 0 Å². The van der Waals surface area contributed by atoms with E-state index in [0.717, 1.165) is 5.69 Å². The van der Waals surface area contributed by atoms with E-state index in [4.69, 9.17) is 9.26 Å². The van der Waals surface area contributed by atoms with Crippen molar-refractivity contribution in [3.63, 3.8) is 0 Å². The van der Waals surface area contributed by atoms with E-state index in [-0.39, 0.29) is 24.3 Å². The summed E-state index contributed by atoms with van der Waals surface area (Å²) in [6, 6.07) is 10.6. The van der Waals surface area contributed by atoms with Gasteiger partial charge >= 0.3 is 0 Å². The van der Waals surface area contributed by atoms with Crippen molar-refractivity contribution in [1.82, 2.24) is 10.1 Å². The van der Waals surface area contributed by atoms with Gasteiger partial charge < -0.3 is 19.1 Å². The lowest BCUT2D eigenvalue weighted by molar-refractivity contribution is -0.139. The summed E-state index contributed by atoms with van der Waals surface area (Å²) in [6.07, 6.45) is 0.608. The van der Waals surface area contributed by atoms with Crippen molar-refractivity contribution in [3.05, 3.63) is 42.2 Å². The van der Waals surface area contributed by atoms with Gasteiger partial charge in [-0.1, -0.05) is 18.2 Å². The van der Waals surface area contributed by atoms with E-state index in [1.165, 1.54) is 0 Å². The normalized spacial score (nSPS) is 17.0. The smallest absolute Gasteiger partial charge is 0.261 e. The van der Waals surface area contributed by atoms with Crippen LogP contribution in [-0.4, -0.2) is 47.6 Å². The highest BCUT2D eigenvalue weighted by molar-refractivity contribution is 6.01. The maximum absolute atomic E-state index is 12.8. The van der Waals surface area contributed by atoms with Gasteiger partial charge in [-0.2, -0.15) is 0 Å². The van der Waals surface area contributed by atoms with E-state index in [1.807, 2.05) is 37.3 Å². The van der Waals surface area contributed by atoms with E-state index in [9.17, 15) is 9.59 Å². The monoisotopic (exact) mass is 343 g/mol. The zero-order chi connectivity index (χ0) is 17.8. The van der Waals surface area contributed by atoms with Gasteiger partial charge in [-0.25, -0.2) is 0 Å². The van der Waals surface area contributed by atoms with Crippen molar-refractivity contribution < 1.29 is 18.8 Å². The van der Waals surface area contributed by atoms with Gasteiger partial charge in [0.15, 0.2) is 6.61 Å². The average Bonchev–Trinajstić information content (AvgIpc) is 3.21. The summed E-state index contributed by atoms with van der Waals surface area (Å²) in [7, 11) is 0. The Morgan fingerprint density at radius 2 is 2.16 bits per heavy atom. The summed E-state index contributed by atoms with van der Waals surface area (Å²) in [5.41, 5.74) is 0.854. The number of para-hydroxylation sites is 1. The van der Waals surface area contributed by atoms with Crippen LogP contribution in [0.2, 0.25) is 0 Å². The molecule has 1 fully saturated rings. The molecule has 2 amide bonds. The predicted octanol–water partition coefficient (Wildman–Crippen LogP) is 2.02. The summed E-state index contributed by atoms with van der Waals surface area (Å²) in [5, 5.41) is 3.69. The number of nitrogens with zero attached hydrogens (tertiary/aromatic N) is 3. The molecule has 1 aliphatic heterocycles. The van der Waals surface area contributed by atoms with Gasteiger partial charge in [0.2, 0.25) is 5.91 Å². The average molecular weight is 343 g/mol. The maximum atomic E-state index is 12.8. The van der Waals surface area contributed by atoms with Gasteiger partial charge in [-0.05, 0) is 37.6 Å². The van der Waals surface area contributed by atoms with Crippen molar-refractivity contribution >= 4 is 17.5 Å². The summed E-state index contributed by atoms with van der Waals surface area (Å²) >= 11 is 0. The van der Waals surface area contributed by atoms with Crippen LogP contribution in [0.15, 0.2) is 40.9 Å². The predicted molar refractivity (Wildman–Crippen MR) is 91.3 cm³/mol. The molecule has 2 aromatic rings. The van der Waals surface area contributed by atoms with Crippen LogP contribution in [0.1, 0.15) is 19.1 Å². The first kappa shape index (κ1) is 17.0. The molecular formula is C18H21N3O4. The number of aryl methyl sites for hydroxylation is 1. The van der Waals surface area contributed by atoms with Crippen LogP contribution in [0.4, 0.5) is 5.69 Å².